The lowest BCUT2D eigenvalue weighted by Crippen LogP contribution is -2.28. The van der Waals surface area contributed by atoms with Crippen LogP contribution in [0.1, 0.15) is 51.5 Å². The van der Waals surface area contributed by atoms with Crippen LogP contribution in [0.4, 0.5) is 5.69 Å². The molecule has 0 spiro atoms. The predicted octanol–water partition coefficient (Wildman–Crippen LogP) is 4.99. The molecule has 0 atom stereocenters. The van der Waals surface area contributed by atoms with Crippen molar-refractivity contribution in [3.63, 3.8) is 0 Å². The highest BCUT2D eigenvalue weighted by molar-refractivity contribution is 7.80. The van der Waals surface area contributed by atoms with E-state index in [9.17, 15) is 0 Å². The van der Waals surface area contributed by atoms with Crippen LogP contribution < -0.4 is 11.1 Å². The van der Waals surface area contributed by atoms with E-state index >= 15 is 0 Å². The molecule has 1 aromatic carbocycles. The van der Waals surface area contributed by atoms with Crippen molar-refractivity contribution in [3.05, 3.63) is 28.8 Å². The predicted molar refractivity (Wildman–Crippen MR) is 96.2 cm³/mol. The topological polar surface area (TPSA) is 38.0 Å². The summed E-state index contributed by atoms with van der Waals surface area (Å²) in [6, 6.07) is 5.84. The molecule has 0 amide bonds. The van der Waals surface area contributed by atoms with E-state index in [0.29, 0.717) is 15.4 Å². The summed E-state index contributed by atoms with van der Waals surface area (Å²) in [5, 5.41) is 4.19. The van der Waals surface area contributed by atoms with Gasteiger partial charge in [0.15, 0.2) is 0 Å². The fourth-order valence-corrected chi connectivity index (χ4v) is 4.07. The second-order valence-electron chi connectivity index (χ2n) is 6.72. The summed E-state index contributed by atoms with van der Waals surface area (Å²) in [6.07, 6.45) is 6.66. The van der Waals surface area contributed by atoms with E-state index in [1.54, 1.807) is 0 Å². The summed E-state index contributed by atoms with van der Waals surface area (Å²) in [4.78, 5) is 0.346. The van der Waals surface area contributed by atoms with Gasteiger partial charge in [-0.25, -0.2) is 0 Å². The first-order valence-corrected chi connectivity index (χ1v) is 8.54. The molecule has 0 saturated heterocycles. The van der Waals surface area contributed by atoms with Gasteiger partial charge in [0, 0.05) is 17.8 Å². The summed E-state index contributed by atoms with van der Waals surface area (Å²) in [6.45, 7) is 5.65. The van der Waals surface area contributed by atoms with Crippen molar-refractivity contribution >= 4 is 34.5 Å². The van der Waals surface area contributed by atoms with Crippen LogP contribution in [0.15, 0.2) is 18.2 Å². The zero-order valence-corrected chi connectivity index (χ0v) is 14.5. The van der Waals surface area contributed by atoms with Crippen LogP contribution in [0.25, 0.3) is 0 Å². The Bertz CT molecular complexity index is 508. The first-order chi connectivity index (χ1) is 9.92. The summed E-state index contributed by atoms with van der Waals surface area (Å²) in [7, 11) is 0. The van der Waals surface area contributed by atoms with Crippen molar-refractivity contribution in [2.45, 2.75) is 46.0 Å². The summed E-state index contributed by atoms with van der Waals surface area (Å²) < 4.78 is 0. The van der Waals surface area contributed by atoms with E-state index in [2.05, 4.69) is 19.2 Å². The fourth-order valence-electron chi connectivity index (χ4n) is 3.56. The Labute approximate surface area is 138 Å². The Morgan fingerprint density at radius 3 is 2.57 bits per heavy atom. The van der Waals surface area contributed by atoms with Gasteiger partial charge in [-0.1, -0.05) is 50.5 Å². The molecule has 0 bridgehead atoms. The van der Waals surface area contributed by atoms with Crippen molar-refractivity contribution in [2.75, 3.05) is 11.9 Å². The highest BCUT2D eigenvalue weighted by Gasteiger charge is 2.34. The smallest absolute Gasteiger partial charge is 0.105 e. The quantitative estimate of drug-likeness (QED) is 0.724. The lowest BCUT2D eigenvalue weighted by molar-refractivity contribution is 0.252. The molecule has 0 radical (unpaired) electrons. The van der Waals surface area contributed by atoms with E-state index in [1.165, 1.54) is 32.1 Å². The van der Waals surface area contributed by atoms with Gasteiger partial charge in [0.25, 0.3) is 0 Å². The second kappa shape index (κ2) is 6.97. The lowest BCUT2D eigenvalue weighted by atomic mass is 9.78. The van der Waals surface area contributed by atoms with Gasteiger partial charge in [-0.05, 0) is 48.8 Å². The van der Waals surface area contributed by atoms with Crippen molar-refractivity contribution in [2.24, 2.45) is 17.1 Å². The van der Waals surface area contributed by atoms with Gasteiger partial charge in [-0.15, -0.1) is 0 Å². The number of anilines is 1. The molecule has 0 unspecified atom stereocenters. The van der Waals surface area contributed by atoms with Crippen LogP contribution in [-0.2, 0) is 0 Å². The molecule has 0 aromatic heterocycles. The van der Waals surface area contributed by atoms with Crippen LogP contribution in [0.5, 0.6) is 0 Å². The van der Waals surface area contributed by atoms with Gasteiger partial charge >= 0.3 is 0 Å². The van der Waals surface area contributed by atoms with Gasteiger partial charge < -0.3 is 11.1 Å². The Morgan fingerprint density at radius 2 is 2.05 bits per heavy atom. The average Bonchev–Trinajstić information content (AvgIpc) is 2.84. The molecule has 21 heavy (non-hydrogen) atoms. The van der Waals surface area contributed by atoms with Crippen molar-refractivity contribution < 1.29 is 0 Å². The van der Waals surface area contributed by atoms with E-state index in [4.69, 9.17) is 29.6 Å². The summed E-state index contributed by atoms with van der Waals surface area (Å²) >= 11 is 11.2. The molecule has 3 N–H and O–H groups in total. The monoisotopic (exact) mass is 324 g/mol. The minimum Gasteiger partial charge on any atom is -0.389 e. The Morgan fingerprint density at radius 1 is 1.38 bits per heavy atom. The number of hydrogen-bond donors (Lipinski definition) is 2. The zero-order valence-electron chi connectivity index (χ0n) is 12.9. The lowest BCUT2D eigenvalue weighted by Gasteiger charge is -2.31. The van der Waals surface area contributed by atoms with E-state index < -0.39 is 0 Å². The van der Waals surface area contributed by atoms with Crippen molar-refractivity contribution in [1.29, 1.82) is 0 Å². The highest BCUT2D eigenvalue weighted by Crippen LogP contribution is 2.43. The molecule has 1 aliphatic carbocycles. The average molecular weight is 325 g/mol. The largest absolute Gasteiger partial charge is 0.389 e. The molecule has 1 aromatic rings. The maximum absolute atomic E-state index is 6.23. The van der Waals surface area contributed by atoms with Crippen LogP contribution in [0.2, 0.25) is 5.02 Å². The van der Waals surface area contributed by atoms with Crippen LogP contribution in [-0.4, -0.2) is 11.5 Å². The van der Waals surface area contributed by atoms with Gasteiger partial charge in [-0.2, -0.15) is 0 Å². The van der Waals surface area contributed by atoms with Crippen LogP contribution >= 0.6 is 23.8 Å². The van der Waals surface area contributed by atoms with Crippen LogP contribution in [0.3, 0.4) is 0 Å². The summed E-state index contributed by atoms with van der Waals surface area (Å²) in [5.74, 6) is 0.741. The number of halogens is 1. The second-order valence-corrected chi connectivity index (χ2v) is 7.56. The maximum Gasteiger partial charge on any atom is 0.105 e. The number of nitrogens with two attached hydrogens (primary N) is 1. The van der Waals surface area contributed by atoms with Crippen molar-refractivity contribution in [1.82, 2.24) is 0 Å². The number of nitrogens with one attached hydrogen (secondary N) is 1. The van der Waals surface area contributed by atoms with Crippen molar-refractivity contribution in [3.8, 4) is 0 Å². The number of rotatable bonds is 6. The van der Waals surface area contributed by atoms with Gasteiger partial charge in [0.2, 0.25) is 0 Å². The minimum absolute atomic E-state index is 0.346. The molecule has 1 aliphatic rings. The third kappa shape index (κ3) is 4.33. The number of hydrogen-bond acceptors (Lipinski definition) is 2. The Balaban J connectivity index is 2.04. The standard InChI is InChI=1S/C17H25ClN2S/c1-12(2)10-17(7-3-4-8-17)11-20-13-5-6-14(16(19)21)15(18)9-13/h5-6,9,12,20H,3-4,7-8,10-11H2,1-2H3,(H2,19,21). The molecule has 4 heteroatoms. The molecule has 2 nitrogen and oxygen atoms in total. The molecular formula is C17H25ClN2S. The Kier molecular flexibility index (Phi) is 5.50. The van der Waals surface area contributed by atoms with Gasteiger partial charge in [-0.3, -0.25) is 0 Å². The zero-order chi connectivity index (χ0) is 15.5. The maximum atomic E-state index is 6.23. The molecule has 0 aliphatic heterocycles. The van der Waals surface area contributed by atoms with Crippen LogP contribution in [0, 0.1) is 11.3 Å². The molecule has 1 saturated carbocycles. The summed E-state index contributed by atoms with van der Waals surface area (Å²) in [5.41, 5.74) is 7.88. The molecule has 1 fully saturated rings. The normalized spacial score (nSPS) is 17.1. The minimum atomic E-state index is 0.346. The molecular weight excluding hydrogens is 300 g/mol. The van der Waals surface area contributed by atoms with Gasteiger partial charge in [0.05, 0.1) is 5.02 Å². The van der Waals surface area contributed by atoms with E-state index in [0.717, 1.165) is 23.7 Å². The van der Waals surface area contributed by atoms with Gasteiger partial charge in [0.1, 0.15) is 4.99 Å². The Hall–Kier alpha value is -0.800. The fraction of sp³-hybridized carbons (Fsp3) is 0.588. The third-order valence-electron chi connectivity index (χ3n) is 4.41. The molecule has 0 heterocycles. The highest BCUT2D eigenvalue weighted by atomic mass is 35.5. The number of benzene rings is 1. The van der Waals surface area contributed by atoms with E-state index in [-0.39, 0.29) is 0 Å². The van der Waals surface area contributed by atoms with E-state index in [1.807, 2.05) is 18.2 Å². The number of thiocarbonyl (C=S) groups is 1. The third-order valence-corrected chi connectivity index (χ3v) is 4.94. The SMILES string of the molecule is CC(C)CC1(CNc2ccc(C(N)=S)c(Cl)c2)CCCC1. The molecule has 2 rings (SSSR count). The molecule has 116 valence electrons. The first kappa shape index (κ1) is 16.6. The first-order valence-electron chi connectivity index (χ1n) is 7.75.